The Kier molecular flexibility index (Phi) is 8.19. The lowest BCUT2D eigenvalue weighted by Gasteiger charge is -2.15. The molecule has 1 saturated carbocycles. The van der Waals surface area contributed by atoms with Crippen LogP contribution in [0.1, 0.15) is 55.1 Å². The van der Waals surface area contributed by atoms with E-state index < -0.39 is 0 Å². The molecule has 4 rings (SSSR count). The molecular weight excluding hydrogens is 410 g/mol. The SMILES string of the molecule is CC.CN=C(N)c1c(-c2ccc(NC(=O)NCc3ccccc3)cc2)cc(C2CC2)nc1C. The minimum absolute atomic E-state index is 0.240. The molecule has 33 heavy (non-hydrogen) atoms. The summed E-state index contributed by atoms with van der Waals surface area (Å²) >= 11 is 0. The van der Waals surface area contributed by atoms with Gasteiger partial charge in [-0.2, -0.15) is 0 Å². The van der Waals surface area contributed by atoms with Gasteiger partial charge in [-0.1, -0.05) is 56.3 Å². The zero-order chi connectivity index (χ0) is 23.8. The van der Waals surface area contributed by atoms with Crippen LogP contribution < -0.4 is 16.4 Å². The summed E-state index contributed by atoms with van der Waals surface area (Å²) < 4.78 is 0. The number of aliphatic imine (C=N–C) groups is 1. The highest BCUT2D eigenvalue weighted by atomic mass is 16.2. The van der Waals surface area contributed by atoms with Gasteiger partial charge in [0.15, 0.2) is 0 Å². The third-order valence-corrected chi connectivity index (χ3v) is 5.46. The summed E-state index contributed by atoms with van der Waals surface area (Å²) in [5, 5.41) is 5.75. The van der Waals surface area contributed by atoms with Crippen molar-refractivity contribution >= 4 is 17.6 Å². The van der Waals surface area contributed by atoms with Crippen LogP contribution in [0, 0.1) is 6.92 Å². The normalized spacial score (nSPS) is 13.0. The molecule has 0 saturated heterocycles. The fourth-order valence-corrected chi connectivity index (χ4v) is 3.63. The maximum atomic E-state index is 12.2. The number of nitrogens with two attached hydrogens (primary N) is 1. The highest BCUT2D eigenvalue weighted by Crippen LogP contribution is 2.41. The van der Waals surface area contributed by atoms with Crippen molar-refractivity contribution in [3.05, 3.63) is 83.2 Å². The van der Waals surface area contributed by atoms with Gasteiger partial charge < -0.3 is 16.4 Å². The molecule has 1 aromatic heterocycles. The zero-order valence-electron chi connectivity index (χ0n) is 19.9. The molecule has 0 radical (unpaired) electrons. The molecule has 1 aliphatic rings. The zero-order valence-corrected chi connectivity index (χ0v) is 19.9. The van der Waals surface area contributed by atoms with Gasteiger partial charge in [-0.25, -0.2) is 4.79 Å². The van der Waals surface area contributed by atoms with E-state index in [9.17, 15) is 4.79 Å². The highest BCUT2D eigenvalue weighted by Gasteiger charge is 2.27. The average molecular weight is 444 g/mol. The third kappa shape index (κ3) is 6.19. The first-order chi connectivity index (χ1) is 16.0. The molecule has 0 spiro atoms. The fraction of sp³-hybridized carbons (Fsp3) is 0.296. The van der Waals surface area contributed by atoms with Crippen molar-refractivity contribution in [2.45, 2.75) is 46.1 Å². The lowest BCUT2D eigenvalue weighted by Crippen LogP contribution is -2.28. The van der Waals surface area contributed by atoms with Crippen molar-refractivity contribution < 1.29 is 4.79 Å². The van der Waals surface area contributed by atoms with Crippen molar-refractivity contribution in [2.75, 3.05) is 12.4 Å². The van der Waals surface area contributed by atoms with Crippen LogP contribution >= 0.6 is 0 Å². The van der Waals surface area contributed by atoms with E-state index in [1.165, 1.54) is 12.8 Å². The maximum Gasteiger partial charge on any atom is 0.319 e. The van der Waals surface area contributed by atoms with Crippen LogP contribution in [0.2, 0.25) is 0 Å². The molecule has 0 bridgehead atoms. The van der Waals surface area contributed by atoms with E-state index in [0.29, 0.717) is 18.3 Å². The van der Waals surface area contributed by atoms with Crippen LogP contribution in [0.15, 0.2) is 65.7 Å². The van der Waals surface area contributed by atoms with Crippen LogP contribution in [-0.2, 0) is 6.54 Å². The summed E-state index contributed by atoms with van der Waals surface area (Å²) in [7, 11) is 1.69. The number of urea groups is 1. The van der Waals surface area contributed by atoms with E-state index >= 15 is 0 Å². The van der Waals surface area contributed by atoms with E-state index in [-0.39, 0.29) is 6.03 Å². The molecule has 3 aromatic rings. The summed E-state index contributed by atoms with van der Waals surface area (Å²) in [5.74, 6) is 1.02. The molecule has 6 nitrogen and oxygen atoms in total. The maximum absolute atomic E-state index is 12.2. The van der Waals surface area contributed by atoms with Crippen LogP contribution in [-0.4, -0.2) is 23.9 Å². The van der Waals surface area contributed by atoms with E-state index in [1.807, 2.05) is 75.4 Å². The molecule has 1 aliphatic carbocycles. The highest BCUT2D eigenvalue weighted by molar-refractivity contribution is 6.04. The van der Waals surface area contributed by atoms with Crippen molar-refractivity contribution in [1.82, 2.24) is 10.3 Å². The van der Waals surface area contributed by atoms with E-state index in [1.54, 1.807) is 7.05 Å². The molecule has 1 heterocycles. The van der Waals surface area contributed by atoms with Crippen molar-refractivity contribution in [3.8, 4) is 11.1 Å². The molecule has 4 N–H and O–H groups in total. The molecular formula is C27H33N5O. The topological polar surface area (TPSA) is 92.4 Å². The molecule has 0 atom stereocenters. The third-order valence-electron chi connectivity index (χ3n) is 5.46. The monoisotopic (exact) mass is 443 g/mol. The Labute approximate surface area is 196 Å². The van der Waals surface area contributed by atoms with Crippen LogP contribution in [0.3, 0.4) is 0 Å². The Balaban J connectivity index is 0.00000149. The predicted octanol–water partition coefficient (Wildman–Crippen LogP) is 5.62. The van der Waals surface area contributed by atoms with Crippen LogP contribution in [0.25, 0.3) is 11.1 Å². The summed E-state index contributed by atoms with van der Waals surface area (Å²) in [6.07, 6.45) is 2.37. The molecule has 0 aliphatic heterocycles. The number of aromatic nitrogens is 1. The van der Waals surface area contributed by atoms with Gasteiger partial charge in [0.1, 0.15) is 5.84 Å². The smallest absolute Gasteiger partial charge is 0.319 e. The number of benzene rings is 2. The first kappa shape index (κ1) is 24.0. The predicted molar refractivity (Wildman–Crippen MR) is 137 cm³/mol. The summed E-state index contributed by atoms with van der Waals surface area (Å²) in [6.45, 7) is 6.46. The van der Waals surface area contributed by atoms with E-state index in [4.69, 9.17) is 10.7 Å². The minimum atomic E-state index is -0.240. The van der Waals surface area contributed by atoms with E-state index in [2.05, 4.69) is 21.7 Å². The number of amides is 2. The fourth-order valence-electron chi connectivity index (χ4n) is 3.63. The Morgan fingerprint density at radius 1 is 1.09 bits per heavy atom. The number of pyridine rings is 1. The molecule has 1 fully saturated rings. The molecule has 6 heteroatoms. The van der Waals surface area contributed by atoms with Gasteiger partial charge in [0.05, 0.1) is 0 Å². The number of aryl methyl sites for hydroxylation is 1. The lowest BCUT2D eigenvalue weighted by molar-refractivity contribution is 0.251. The largest absolute Gasteiger partial charge is 0.383 e. The summed E-state index contributed by atoms with van der Waals surface area (Å²) in [6, 6.07) is 19.5. The van der Waals surface area contributed by atoms with Gasteiger partial charge in [0.2, 0.25) is 0 Å². The number of nitrogens with zero attached hydrogens (tertiary/aromatic N) is 2. The van der Waals surface area contributed by atoms with Crippen LogP contribution in [0.5, 0.6) is 0 Å². The number of nitrogens with one attached hydrogen (secondary N) is 2. The molecule has 172 valence electrons. The second kappa shape index (κ2) is 11.3. The Hall–Kier alpha value is -3.67. The first-order valence-corrected chi connectivity index (χ1v) is 11.5. The van der Waals surface area contributed by atoms with Gasteiger partial charge in [-0.05, 0) is 54.7 Å². The standard InChI is InChI=1S/C25H27N5O.C2H6/c1-16-23(24(26)27-2)21(14-22(29-16)19-8-9-19)18-10-12-20(13-11-18)30-25(31)28-15-17-6-4-3-5-7-17;1-2/h3-7,10-14,19H,8-9,15H2,1-2H3,(H2,26,27)(H2,28,30,31);1-2H3. The number of hydrogen-bond donors (Lipinski definition) is 3. The second-order valence-electron chi connectivity index (χ2n) is 7.81. The Morgan fingerprint density at radius 2 is 1.76 bits per heavy atom. The Morgan fingerprint density at radius 3 is 2.36 bits per heavy atom. The number of rotatable bonds is 6. The van der Waals surface area contributed by atoms with E-state index in [0.717, 1.165) is 39.3 Å². The minimum Gasteiger partial charge on any atom is -0.383 e. The number of hydrogen-bond acceptors (Lipinski definition) is 3. The lowest BCUT2D eigenvalue weighted by atomic mass is 9.96. The summed E-state index contributed by atoms with van der Waals surface area (Å²) in [5.41, 5.74) is 12.9. The van der Waals surface area contributed by atoms with Crippen molar-refractivity contribution in [2.24, 2.45) is 10.7 Å². The molecule has 2 aromatic carbocycles. The molecule has 0 unspecified atom stereocenters. The first-order valence-electron chi connectivity index (χ1n) is 11.5. The van der Waals surface area contributed by atoms with Gasteiger partial charge in [-0.3, -0.25) is 9.98 Å². The average Bonchev–Trinajstić information content (AvgIpc) is 3.70. The molecule has 2 amide bonds. The van der Waals surface area contributed by atoms with Gasteiger partial charge >= 0.3 is 6.03 Å². The number of carbonyl (C=O) groups excluding carboxylic acids is 1. The van der Waals surface area contributed by atoms with Gasteiger partial charge in [-0.15, -0.1) is 0 Å². The van der Waals surface area contributed by atoms with Gasteiger partial charge in [0, 0.05) is 42.1 Å². The number of anilines is 1. The second-order valence-corrected chi connectivity index (χ2v) is 7.81. The van der Waals surface area contributed by atoms with Crippen molar-refractivity contribution in [1.29, 1.82) is 0 Å². The number of amidine groups is 1. The summed E-state index contributed by atoms with van der Waals surface area (Å²) in [4.78, 5) is 21.2. The quantitative estimate of drug-likeness (QED) is 0.341. The Bertz CT molecular complexity index is 1100. The van der Waals surface area contributed by atoms with Crippen molar-refractivity contribution in [3.63, 3.8) is 0 Å². The van der Waals surface area contributed by atoms with Gasteiger partial charge in [0.25, 0.3) is 0 Å². The number of carbonyl (C=O) groups is 1. The van der Waals surface area contributed by atoms with Crippen LogP contribution in [0.4, 0.5) is 10.5 Å².